The molecule has 1 aromatic heterocycles. The highest BCUT2D eigenvalue weighted by atomic mass is 16.5. The zero-order valence-electron chi connectivity index (χ0n) is 21.6. The molecule has 2 aliphatic rings. The summed E-state index contributed by atoms with van der Waals surface area (Å²) in [7, 11) is 1.58. The maximum atomic E-state index is 14.1. The van der Waals surface area contributed by atoms with Crippen molar-refractivity contribution in [2.45, 2.75) is 84.3 Å². The van der Waals surface area contributed by atoms with Crippen LogP contribution in [0.3, 0.4) is 0 Å². The van der Waals surface area contributed by atoms with Gasteiger partial charge in [-0.25, -0.2) is 0 Å². The van der Waals surface area contributed by atoms with Crippen LogP contribution in [0.2, 0.25) is 0 Å². The Morgan fingerprint density at radius 3 is 2.54 bits per heavy atom. The van der Waals surface area contributed by atoms with Gasteiger partial charge in [0, 0.05) is 24.9 Å². The first-order valence-electron chi connectivity index (χ1n) is 12.8. The quantitative estimate of drug-likeness (QED) is 0.615. The molecule has 2 aromatic rings. The summed E-state index contributed by atoms with van der Waals surface area (Å²) >= 11 is 0. The Morgan fingerprint density at radius 1 is 1.20 bits per heavy atom. The number of hydrogen-bond acceptors (Lipinski definition) is 4. The molecule has 1 aliphatic heterocycles. The molecule has 1 fully saturated rings. The van der Waals surface area contributed by atoms with Crippen molar-refractivity contribution < 1.29 is 19.1 Å². The molecule has 1 aliphatic carbocycles. The van der Waals surface area contributed by atoms with Gasteiger partial charge in [0.25, 0.3) is 5.91 Å². The fraction of sp³-hybridized carbons (Fsp3) is 0.593. The van der Waals surface area contributed by atoms with E-state index >= 15 is 0 Å². The summed E-state index contributed by atoms with van der Waals surface area (Å²) in [5.41, 5.74) is 0.629. The lowest BCUT2D eigenvalue weighted by atomic mass is 9.91. The molecular formula is C27H38N4O4. The van der Waals surface area contributed by atoms with Crippen LogP contribution in [-0.4, -0.2) is 52.4 Å². The summed E-state index contributed by atoms with van der Waals surface area (Å²) in [4.78, 5) is 41.8. The second kappa shape index (κ2) is 9.91. The number of hydrogen-bond donors (Lipinski definition) is 2. The molecule has 1 saturated carbocycles. The van der Waals surface area contributed by atoms with Gasteiger partial charge in [0.1, 0.15) is 17.0 Å². The SMILES string of the molecule is COc1ccc2c(c1)c(NC(C)=O)c1n2C[C@@](C)(C(=O)NC2CCCCC2)N(CCC(C)C)C1=O. The summed E-state index contributed by atoms with van der Waals surface area (Å²) in [6, 6.07) is 5.70. The number of nitrogens with zero attached hydrogens (tertiary/aromatic N) is 2. The number of carbonyl (C=O) groups excluding carboxylic acids is 3. The molecule has 2 heterocycles. The molecular weight excluding hydrogens is 444 g/mol. The molecule has 0 saturated heterocycles. The lowest BCUT2D eigenvalue weighted by molar-refractivity contribution is -0.133. The van der Waals surface area contributed by atoms with E-state index in [4.69, 9.17) is 4.74 Å². The third-order valence-corrected chi connectivity index (χ3v) is 7.44. The third kappa shape index (κ3) is 4.75. The number of fused-ring (bicyclic) bond motifs is 3. The maximum Gasteiger partial charge on any atom is 0.273 e. The first kappa shape index (κ1) is 25.1. The fourth-order valence-electron chi connectivity index (χ4n) is 5.41. The molecule has 3 amide bonds. The van der Waals surface area contributed by atoms with Crippen molar-refractivity contribution >= 4 is 34.3 Å². The Kier molecular flexibility index (Phi) is 7.10. The number of amides is 3. The minimum atomic E-state index is -1.05. The molecule has 1 aromatic carbocycles. The van der Waals surface area contributed by atoms with Crippen molar-refractivity contribution in [2.75, 3.05) is 19.0 Å². The van der Waals surface area contributed by atoms with E-state index in [-0.39, 0.29) is 23.8 Å². The third-order valence-electron chi connectivity index (χ3n) is 7.44. The average molecular weight is 483 g/mol. The molecule has 0 spiro atoms. The van der Waals surface area contributed by atoms with Gasteiger partial charge in [-0.1, -0.05) is 33.1 Å². The number of methoxy groups -OCH3 is 1. The van der Waals surface area contributed by atoms with Gasteiger partial charge in [-0.05, 0) is 50.3 Å². The molecule has 190 valence electrons. The van der Waals surface area contributed by atoms with Crippen LogP contribution in [0.1, 0.15) is 76.7 Å². The molecule has 8 heteroatoms. The van der Waals surface area contributed by atoms with Crippen molar-refractivity contribution in [3.05, 3.63) is 23.9 Å². The monoisotopic (exact) mass is 482 g/mol. The average Bonchev–Trinajstić information content (AvgIpc) is 3.11. The van der Waals surface area contributed by atoms with Gasteiger partial charge < -0.3 is 24.8 Å². The van der Waals surface area contributed by atoms with Gasteiger partial charge in [-0.3, -0.25) is 14.4 Å². The maximum absolute atomic E-state index is 14.1. The molecule has 35 heavy (non-hydrogen) atoms. The summed E-state index contributed by atoms with van der Waals surface area (Å²) < 4.78 is 7.31. The van der Waals surface area contributed by atoms with E-state index in [1.165, 1.54) is 13.3 Å². The van der Waals surface area contributed by atoms with Crippen molar-refractivity contribution in [3.8, 4) is 5.75 Å². The van der Waals surface area contributed by atoms with Crippen molar-refractivity contribution in [1.29, 1.82) is 0 Å². The molecule has 4 rings (SSSR count). The standard InChI is InChI=1S/C27H38N4O4/c1-17(2)13-14-31-25(33)24-23(28-18(3)32)21-15-20(35-5)11-12-22(21)30(24)16-27(31,4)26(34)29-19-9-7-6-8-10-19/h11-12,15,17,19H,6-10,13-14,16H2,1-5H3,(H,28,32)(H,29,34)/t27-/m0/s1. The number of carbonyl (C=O) groups is 3. The van der Waals surface area contributed by atoms with E-state index in [2.05, 4.69) is 24.5 Å². The lowest BCUT2D eigenvalue weighted by Gasteiger charge is -2.45. The molecule has 0 unspecified atom stereocenters. The van der Waals surface area contributed by atoms with E-state index in [1.54, 1.807) is 12.0 Å². The van der Waals surface area contributed by atoms with Gasteiger partial charge >= 0.3 is 0 Å². The lowest BCUT2D eigenvalue weighted by Crippen LogP contribution is -2.65. The summed E-state index contributed by atoms with van der Waals surface area (Å²) in [6.07, 6.45) is 6.17. The Balaban J connectivity index is 1.82. The number of aromatic nitrogens is 1. The zero-order chi connectivity index (χ0) is 25.3. The smallest absolute Gasteiger partial charge is 0.273 e. The highest BCUT2D eigenvalue weighted by molar-refractivity contribution is 6.14. The Morgan fingerprint density at radius 2 is 1.91 bits per heavy atom. The normalized spacial score (nSPS) is 20.7. The number of rotatable bonds is 7. The first-order chi connectivity index (χ1) is 16.7. The molecule has 2 N–H and O–H groups in total. The van der Waals surface area contributed by atoms with Crippen molar-refractivity contribution in [2.24, 2.45) is 5.92 Å². The van der Waals surface area contributed by atoms with Crippen molar-refractivity contribution in [3.63, 3.8) is 0 Å². The molecule has 1 atom stereocenters. The van der Waals surface area contributed by atoms with Crippen LogP contribution >= 0.6 is 0 Å². The first-order valence-corrected chi connectivity index (χ1v) is 12.8. The van der Waals surface area contributed by atoms with E-state index in [0.717, 1.165) is 43.0 Å². The van der Waals surface area contributed by atoms with Gasteiger partial charge in [0.05, 0.1) is 24.9 Å². The minimum Gasteiger partial charge on any atom is -0.497 e. The Labute approximate surface area is 207 Å². The molecule has 8 nitrogen and oxygen atoms in total. The van der Waals surface area contributed by atoms with Crippen LogP contribution in [0.15, 0.2) is 18.2 Å². The van der Waals surface area contributed by atoms with Gasteiger partial charge in [0.15, 0.2) is 0 Å². The van der Waals surface area contributed by atoms with Crippen LogP contribution in [0.25, 0.3) is 10.9 Å². The second-order valence-electron chi connectivity index (χ2n) is 10.6. The second-order valence-corrected chi connectivity index (χ2v) is 10.6. The number of benzene rings is 1. The fourth-order valence-corrected chi connectivity index (χ4v) is 5.41. The van der Waals surface area contributed by atoms with E-state index in [0.29, 0.717) is 36.1 Å². The topological polar surface area (TPSA) is 92.7 Å². The van der Waals surface area contributed by atoms with Gasteiger partial charge in [-0.2, -0.15) is 0 Å². The molecule has 0 radical (unpaired) electrons. The van der Waals surface area contributed by atoms with E-state index < -0.39 is 5.54 Å². The summed E-state index contributed by atoms with van der Waals surface area (Å²) in [6.45, 7) is 8.31. The van der Waals surface area contributed by atoms with E-state index in [1.807, 2.05) is 29.7 Å². The predicted octanol–water partition coefficient (Wildman–Crippen LogP) is 4.32. The highest BCUT2D eigenvalue weighted by Crippen LogP contribution is 2.40. The molecule has 0 bridgehead atoms. The van der Waals surface area contributed by atoms with Gasteiger partial charge in [-0.15, -0.1) is 0 Å². The summed E-state index contributed by atoms with van der Waals surface area (Å²) in [5.74, 6) is 0.406. The largest absolute Gasteiger partial charge is 0.497 e. The number of nitrogens with one attached hydrogen (secondary N) is 2. The van der Waals surface area contributed by atoms with Crippen LogP contribution in [-0.2, 0) is 16.1 Å². The summed E-state index contributed by atoms with van der Waals surface area (Å²) in [5, 5.41) is 6.88. The number of anilines is 1. The van der Waals surface area contributed by atoms with Crippen LogP contribution in [0, 0.1) is 5.92 Å². The Hall–Kier alpha value is -3.03. The Bertz CT molecular complexity index is 1130. The highest BCUT2D eigenvalue weighted by Gasteiger charge is 2.49. The van der Waals surface area contributed by atoms with Gasteiger partial charge in [0.2, 0.25) is 11.8 Å². The number of ether oxygens (including phenoxy) is 1. The minimum absolute atomic E-state index is 0.108. The zero-order valence-corrected chi connectivity index (χ0v) is 21.6. The predicted molar refractivity (Wildman–Crippen MR) is 137 cm³/mol. The van der Waals surface area contributed by atoms with Crippen LogP contribution in [0.5, 0.6) is 5.75 Å². The van der Waals surface area contributed by atoms with Crippen molar-refractivity contribution in [1.82, 2.24) is 14.8 Å². The van der Waals surface area contributed by atoms with E-state index in [9.17, 15) is 14.4 Å². The van der Waals surface area contributed by atoms with Crippen LogP contribution < -0.4 is 15.4 Å². The van der Waals surface area contributed by atoms with Crippen LogP contribution in [0.4, 0.5) is 5.69 Å².